The van der Waals surface area contributed by atoms with Crippen LogP contribution in [-0.2, 0) is 0 Å². The zero-order valence-electron chi connectivity index (χ0n) is 8.07. The number of hydrogen-bond acceptors (Lipinski definition) is 2. The van der Waals surface area contributed by atoms with Gasteiger partial charge in [0.2, 0.25) is 0 Å². The van der Waals surface area contributed by atoms with Crippen LogP contribution in [0.25, 0.3) is 11.4 Å². The van der Waals surface area contributed by atoms with Gasteiger partial charge in [-0.2, -0.15) is 0 Å². The van der Waals surface area contributed by atoms with Gasteiger partial charge in [-0.15, -0.1) is 0 Å². The maximum Gasteiger partial charge on any atom is 0.356 e. The second kappa shape index (κ2) is 3.53. The van der Waals surface area contributed by atoms with E-state index in [4.69, 9.17) is 9.84 Å². The van der Waals surface area contributed by atoms with Crippen molar-refractivity contribution in [3.05, 3.63) is 30.1 Å². The fraction of sp³-hybridized carbons (Fsp3) is 0.100. The highest BCUT2D eigenvalue weighted by Crippen LogP contribution is 2.25. The zero-order chi connectivity index (χ0) is 10.8. The molecule has 0 bridgehead atoms. The normalized spacial score (nSPS) is 10.2. The molecule has 0 amide bonds. The van der Waals surface area contributed by atoms with E-state index >= 15 is 0 Å². The van der Waals surface area contributed by atoms with E-state index in [1.807, 2.05) is 12.1 Å². The molecule has 0 saturated carbocycles. The molecule has 2 rings (SSSR count). The van der Waals surface area contributed by atoms with Gasteiger partial charge in [0.05, 0.1) is 18.5 Å². The Bertz CT molecular complexity index is 471. The highest BCUT2D eigenvalue weighted by Gasteiger charge is 2.15. The lowest BCUT2D eigenvalue weighted by Crippen LogP contribution is -1.99. The molecule has 0 fully saturated rings. The van der Waals surface area contributed by atoms with Crippen LogP contribution in [0.4, 0.5) is 0 Å². The van der Waals surface area contributed by atoms with Gasteiger partial charge in [-0.3, -0.25) is 0 Å². The summed E-state index contributed by atoms with van der Waals surface area (Å²) in [5.41, 5.74) is 1.57. The SMILES string of the molecule is COc1cc(-c2ccc[nH]2)[nH]c1C(=O)O. The Balaban J connectivity index is 2.48. The van der Waals surface area contributed by atoms with Gasteiger partial charge in [-0.1, -0.05) is 0 Å². The molecule has 0 unspecified atom stereocenters. The van der Waals surface area contributed by atoms with E-state index in [-0.39, 0.29) is 5.69 Å². The summed E-state index contributed by atoms with van der Waals surface area (Å²) in [7, 11) is 1.44. The molecule has 15 heavy (non-hydrogen) atoms. The molecule has 0 aliphatic heterocycles. The molecular weight excluding hydrogens is 196 g/mol. The second-order valence-electron chi connectivity index (χ2n) is 3.02. The van der Waals surface area contributed by atoms with Crippen molar-refractivity contribution in [1.29, 1.82) is 0 Å². The summed E-state index contributed by atoms with van der Waals surface area (Å²) in [5, 5.41) is 8.89. The number of methoxy groups -OCH3 is 1. The maximum atomic E-state index is 10.8. The monoisotopic (exact) mass is 206 g/mol. The first kappa shape index (κ1) is 9.39. The Morgan fingerprint density at radius 3 is 2.73 bits per heavy atom. The largest absolute Gasteiger partial charge is 0.494 e. The van der Waals surface area contributed by atoms with Crippen LogP contribution in [0.5, 0.6) is 5.75 Å². The summed E-state index contributed by atoms with van der Waals surface area (Å²) in [5.74, 6) is -0.711. The molecule has 0 atom stereocenters. The van der Waals surface area contributed by atoms with E-state index in [2.05, 4.69) is 9.97 Å². The predicted octanol–water partition coefficient (Wildman–Crippen LogP) is 1.72. The van der Waals surface area contributed by atoms with Gasteiger partial charge >= 0.3 is 5.97 Å². The zero-order valence-corrected chi connectivity index (χ0v) is 8.07. The van der Waals surface area contributed by atoms with Crippen molar-refractivity contribution in [2.75, 3.05) is 7.11 Å². The topological polar surface area (TPSA) is 78.1 Å². The van der Waals surface area contributed by atoms with Crippen LogP contribution in [0, 0.1) is 0 Å². The maximum absolute atomic E-state index is 10.8. The van der Waals surface area contributed by atoms with Crippen LogP contribution >= 0.6 is 0 Å². The number of carbonyl (C=O) groups is 1. The Kier molecular flexibility index (Phi) is 2.21. The second-order valence-corrected chi connectivity index (χ2v) is 3.02. The molecule has 5 nitrogen and oxygen atoms in total. The van der Waals surface area contributed by atoms with Crippen molar-refractivity contribution in [1.82, 2.24) is 9.97 Å². The highest BCUT2D eigenvalue weighted by atomic mass is 16.5. The van der Waals surface area contributed by atoms with Crippen molar-refractivity contribution in [3.8, 4) is 17.1 Å². The number of aromatic carboxylic acids is 1. The third-order valence-corrected chi connectivity index (χ3v) is 2.10. The first-order valence-electron chi connectivity index (χ1n) is 4.36. The molecule has 0 saturated heterocycles. The minimum atomic E-state index is -1.04. The van der Waals surface area contributed by atoms with Gasteiger partial charge in [0.25, 0.3) is 0 Å². The summed E-state index contributed by atoms with van der Waals surface area (Å²) in [6, 6.07) is 5.33. The molecule has 2 heterocycles. The molecule has 0 aromatic carbocycles. The van der Waals surface area contributed by atoms with Crippen LogP contribution in [0.2, 0.25) is 0 Å². The lowest BCUT2D eigenvalue weighted by atomic mass is 10.3. The van der Waals surface area contributed by atoms with Gasteiger partial charge in [0.1, 0.15) is 0 Å². The Morgan fingerprint density at radius 2 is 2.27 bits per heavy atom. The molecule has 0 aliphatic rings. The number of hydrogen-bond donors (Lipinski definition) is 3. The van der Waals surface area contributed by atoms with E-state index in [1.54, 1.807) is 12.3 Å². The molecule has 0 spiro atoms. The Labute approximate surface area is 85.7 Å². The third-order valence-electron chi connectivity index (χ3n) is 2.10. The first-order valence-corrected chi connectivity index (χ1v) is 4.36. The lowest BCUT2D eigenvalue weighted by Gasteiger charge is -1.94. The first-order chi connectivity index (χ1) is 7.22. The lowest BCUT2D eigenvalue weighted by molar-refractivity contribution is 0.0687. The Morgan fingerprint density at radius 1 is 1.47 bits per heavy atom. The number of rotatable bonds is 3. The van der Waals surface area contributed by atoms with Crippen LogP contribution in [-0.4, -0.2) is 28.2 Å². The number of carboxylic acids is 1. The average Bonchev–Trinajstić information content (AvgIpc) is 2.86. The molecule has 2 aromatic rings. The van der Waals surface area contributed by atoms with Gasteiger partial charge < -0.3 is 19.8 Å². The summed E-state index contributed by atoms with van der Waals surface area (Å²) in [6.45, 7) is 0. The Hall–Kier alpha value is -2.17. The van der Waals surface area contributed by atoms with E-state index in [0.29, 0.717) is 11.4 Å². The van der Waals surface area contributed by atoms with Gasteiger partial charge in [0.15, 0.2) is 11.4 Å². The standard InChI is InChI=1S/C10H10N2O3/c1-15-8-5-7(6-3-2-4-11-6)12-9(8)10(13)14/h2-5,11-12H,1H3,(H,13,14). The van der Waals surface area contributed by atoms with Crippen LogP contribution in [0.15, 0.2) is 24.4 Å². The fourth-order valence-electron chi connectivity index (χ4n) is 1.40. The summed E-state index contributed by atoms with van der Waals surface area (Å²) in [4.78, 5) is 16.6. The van der Waals surface area contributed by atoms with Crippen molar-refractivity contribution < 1.29 is 14.6 Å². The summed E-state index contributed by atoms with van der Waals surface area (Å²) >= 11 is 0. The number of carboxylic acid groups (broad SMARTS) is 1. The van der Waals surface area contributed by atoms with Crippen LogP contribution < -0.4 is 4.74 Å². The van der Waals surface area contributed by atoms with Gasteiger partial charge in [0, 0.05) is 12.3 Å². The smallest absolute Gasteiger partial charge is 0.356 e. The van der Waals surface area contributed by atoms with Crippen molar-refractivity contribution >= 4 is 5.97 Å². The average molecular weight is 206 g/mol. The number of ether oxygens (including phenoxy) is 1. The van der Waals surface area contributed by atoms with Crippen molar-refractivity contribution in [3.63, 3.8) is 0 Å². The molecule has 5 heteroatoms. The van der Waals surface area contributed by atoms with Crippen LogP contribution in [0.3, 0.4) is 0 Å². The van der Waals surface area contributed by atoms with E-state index in [0.717, 1.165) is 5.69 Å². The predicted molar refractivity (Wildman–Crippen MR) is 54.1 cm³/mol. The number of aromatic nitrogens is 2. The molecule has 0 radical (unpaired) electrons. The fourth-order valence-corrected chi connectivity index (χ4v) is 1.40. The number of nitrogens with one attached hydrogen (secondary N) is 2. The highest BCUT2D eigenvalue weighted by molar-refractivity contribution is 5.90. The molecule has 0 aliphatic carbocycles. The van der Waals surface area contributed by atoms with Crippen molar-refractivity contribution in [2.24, 2.45) is 0 Å². The summed E-state index contributed by atoms with van der Waals surface area (Å²) < 4.78 is 4.96. The molecule has 78 valence electrons. The summed E-state index contributed by atoms with van der Waals surface area (Å²) in [6.07, 6.45) is 1.77. The molecule has 3 N–H and O–H groups in total. The minimum absolute atomic E-state index is 0.0575. The number of aromatic amines is 2. The minimum Gasteiger partial charge on any atom is -0.494 e. The molecular formula is C10H10N2O3. The van der Waals surface area contributed by atoms with E-state index < -0.39 is 5.97 Å². The number of H-pyrrole nitrogens is 2. The van der Waals surface area contributed by atoms with Gasteiger partial charge in [-0.05, 0) is 12.1 Å². The van der Waals surface area contributed by atoms with E-state index in [1.165, 1.54) is 7.11 Å². The third kappa shape index (κ3) is 1.59. The quantitative estimate of drug-likeness (QED) is 0.715. The van der Waals surface area contributed by atoms with E-state index in [9.17, 15) is 4.79 Å². The van der Waals surface area contributed by atoms with Crippen molar-refractivity contribution in [2.45, 2.75) is 0 Å². The van der Waals surface area contributed by atoms with Crippen LogP contribution in [0.1, 0.15) is 10.5 Å². The van der Waals surface area contributed by atoms with Gasteiger partial charge in [-0.25, -0.2) is 4.79 Å². The molecule has 2 aromatic heterocycles.